The Balaban J connectivity index is 2.52. The summed E-state index contributed by atoms with van der Waals surface area (Å²) < 4.78 is 0.968. The van der Waals surface area contributed by atoms with Gasteiger partial charge in [0.15, 0.2) is 0 Å². The summed E-state index contributed by atoms with van der Waals surface area (Å²) in [6, 6.07) is 3.82. The number of carbonyl (C=O) groups is 1. The Bertz CT molecular complexity index is 589. The Morgan fingerprint density at radius 2 is 2.31 bits per heavy atom. The predicted octanol–water partition coefficient (Wildman–Crippen LogP) is 3.36. The van der Waals surface area contributed by atoms with E-state index in [0.29, 0.717) is 10.0 Å². The third-order valence-corrected chi connectivity index (χ3v) is 3.23. The largest absolute Gasteiger partial charge is 0.478 e. The van der Waals surface area contributed by atoms with E-state index >= 15 is 0 Å². The number of fused-ring (bicyclic) bond motifs is 1. The molecule has 0 aliphatic carbocycles. The molecule has 3 nitrogen and oxygen atoms in total. The Morgan fingerprint density at radius 1 is 1.56 bits per heavy atom. The summed E-state index contributed by atoms with van der Waals surface area (Å²) in [7, 11) is 0. The number of halogens is 1. The van der Waals surface area contributed by atoms with Gasteiger partial charge in [0.1, 0.15) is 10.5 Å². The molecule has 0 aliphatic rings. The molecule has 16 heavy (non-hydrogen) atoms. The minimum absolute atomic E-state index is 0.598. The van der Waals surface area contributed by atoms with Crippen molar-refractivity contribution in [2.75, 3.05) is 0 Å². The van der Waals surface area contributed by atoms with E-state index in [-0.39, 0.29) is 0 Å². The first-order valence-electron chi connectivity index (χ1n) is 4.54. The van der Waals surface area contributed by atoms with Gasteiger partial charge >= 0.3 is 5.97 Å². The topological polar surface area (TPSA) is 50.2 Å². The van der Waals surface area contributed by atoms with Crippen molar-refractivity contribution in [1.29, 1.82) is 0 Å². The van der Waals surface area contributed by atoms with Gasteiger partial charge in [-0.05, 0) is 30.7 Å². The molecule has 5 heteroatoms. The van der Waals surface area contributed by atoms with Crippen molar-refractivity contribution in [3.63, 3.8) is 0 Å². The summed E-state index contributed by atoms with van der Waals surface area (Å²) in [4.78, 5) is 14.6. The lowest BCUT2D eigenvalue weighted by molar-refractivity contribution is -0.131. The normalized spacial score (nSPS) is 11.4. The highest BCUT2D eigenvalue weighted by molar-refractivity contribution is 7.19. The van der Waals surface area contributed by atoms with Crippen LogP contribution in [0.4, 0.5) is 0 Å². The van der Waals surface area contributed by atoms with E-state index in [4.69, 9.17) is 16.7 Å². The summed E-state index contributed by atoms with van der Waals surface area (Å²) in [5, 5.41) is 9.75. The maximum Gasteiger partial charge on any atom is 0.328 e. The minimum Gasteiger partial charge on any atom is -0.478 e. The van der Waals surface area contributed by atoms with Gasteiger partial charge in [0.05, 0.1) is 9.72 Å². The lowest BCUT2D eigenvalue weighted by Crippen LogP contribution is -1.85. The van der Waals surface area contributed by atoms with Crippen LogP contribution in [-0.4, -0.2) is 16.1 Å². The SMILES string of the molecule is Cc1cc(Cl)c2nc(/C=C/C(=O)O)sc2c1. The van der Waals surface area contributed by atoms with Gasteiger partial charge in [0.2, 0.25) is 0 Å². The van der Waals surface area contributed by atoms with Crippen molar-refractivity contribution in [3.8, 4) is 0 Å². The number of nitrogens with zero attached hydrogens (tertiary/aromatic N) is 1. The molecule has 1 heterocycles. The number of thiazole rings is 1. The fraction of sp³-hybridized carbons (Fsp3) is 0.0909. The van der Waals surface area contributed by atoms with Crippen LogP contribution in [0.3, 0.4) is 0 Å². The lowest BCUT2D eigenvalue weighted by Gasteiger charge is -1.93. The molecule has 2 aromatic rings. The van der Waals surface area contributed by atoms with E-state index < -0.39 is 5.97 Å². The van der Waals surface area contributed by atoms with Crippen LogP contribution in [-0.2, 0) is 4.79 Å². The molecule has 0 unspecified atom stereocenters. The molecule has 1 aromatic carbocycles. The molecule has 0 fully saturated rings. The number of aryl methyl sites for hydroxylation is 1. The van der Waals surface area contributed by atoms with Crippen molar-refractivity contribution in [2.45, 2.75) is 6.92 Å². The lowest BCUT2D eigenvalue weighted by atomic mass is 10.2. The Morgan fingerprint density at radius 3 is 3.00 bits per heavy atom. The third kappa shape index (κ3) is 2.23. The number of carboxylic acid groups (broad SMARTS) is 1. The third-order valence-electron chi connectivity index (χ3n) is 1.98. The summed E-state index contributed by atoms with van der Waals surface area (Å²) in [5.41, 5.74) is 1.79. The van der Waals surface area contributed by atoms with Crippen molar-refractivity contribution in [3.05, 3.63) is 33.8 Å². The van der Waals surface area contributed by atoms with Crippen LogP contribution in [0.25, 0.3) is 16.3 Å². The van der Waals surface area contributed by atoms with E-state index in [1.807, 2.05) is 19.1 Å². The Kier molecular flexibility index (Phi) is 2.94. The molecule has 1 N–H and O–H groups in total. The zero-order valence-electron chi connectivity index (χ0n) is 8.40. The molecule has 0 spiro atoms. The van der Waals surface area contributed by atoms with E-state index in [2.05, 4.69) is 4.98 Å². The summed E-state index contributed by atoms with van der Waals surface area (Å²) in [6.45, 7) is 1.96. The number of hydrogen-bond donors (Lipinski definition) is 1. The fourth-order valence-corrected chi connectivity index (χ4v) is 2.72. The second kappa shape index (κ2) is 4.23. The maximum atomic E-state index is 10.4. The van der Waals surface area contributed by atoms with Crippen molar-refractivity contribution >= 4 is 45.2 Å². The zero-order valence-corrected chi connectivity index (χ0v) is 9.97. The Labute approximate surface area is 101 Å². The van der Waals surface area contributed by atoms with Crippen LogP contribution < -0.4 is 0 Å². The molecule has 0 atom stereocenters. The molecule has 1 aromatic heterocycles. The van der Waals surface area contributed by atoms with Crippen LogP contribution >= 0.6 is 22.9 Å². The number of aromatic nitrogens is 1. The second-order valence-electron chi connectivity index (χ2n) is 3.32. The molecule has 0 radical (unpaired) electrons. The van der Waals surface area contributed by atoms with Gasteiger partial charge in [0.25, 0.3) is 0 Å². The first-order chi connectivity index (χ1) is 7.56. The molecule has 0 bridgehead atoms. The van der Waals surface area contributed by atoms with Crippen LogP contribution in [0.1, 0.15) is 10.6 Å². The second-order valence-corrected chi connectivity index (χ2v) is 4.79. The number of carboxylic acids is 1. The molecular formula is C11H8ClNO2S. The van der Waals surface area contributed by atoms with Crippen LogP contribution in [0.15, 0.2) is 18.2 Å². The van der Waals surface area contributed by atoms with Gasteiger partial charge in [-0.3, -0.25) is 0 Å². The number of benzene rings is 1. The highest BCUT2D eigenvalue weighted by atomic mass is 35.5. The monoisotopic (exact) mass is 253 g/mol. The van der Waals surface area contributed by atoms with Gasteiger partial charge in [-0.25, -0.2) is 9.78 Å². The Hall–Kier alpha value is -1.39. The predicted molar refractivity (Wildman–Crippen MR) is 66.0 cm³/mol. The minimum atomic E-state index is -0.985. The van der Waals surface area contributed by atoms with E-state index in [9.17, 15) is 4.79 Å². The average Bonchev–Trinajstić information content (AvgIpc) is 2.57. The summed E-state index contributed by atoms with van der Waals surface area (Å²) in [6.07, 6.45) is 2.54. The molecule has 0 saturated heterocycles. The number of hydrogen-bond acceptors (Lipinski definition) is 3. The van der Waals surface area contributed by atoms with Gasteiger partial charge in [0, 0.05) is 6.08 Å². The van der Waals surface area contributed by atoms with Crippen molar-refractivity contribution in [2.24, 2.45) is 0 Å². The summed E-state index contributed by atoms with van der Waals surface area (Å²) in [5.74, 6) is -0.985. The van der Waals surface area contributed by atoms with Gasteiger partial charge < -0.3 is 5.11 Å². The molecule has 2 rings (SSSR count). The fourth-order valence-electron chi connectivity index (χ4n) is 1.35. The van der Waals surface area contributed by atoms with Crippen LogP contribution in [0.2, 0.25) is 5.02 Å². The van der Waals surface area contributed by atoms with E-state index in [1.165, 1.54) is 17.4 Å². The van der Waals surface area contributed by atoms with Crippen LogP contribution in [0, 0.1) is 6.92 Å². The van der Waals surface area contributed by atoms with E-state index in [0.717, 1.165) is 21.9 Å². The number of rotatable bonds is 2. The van der Waals surface area contributed by atoms with Crippen LogP contribution in [0.5, 0.6) is 0 Å². The average molecular weight is 254 g/mol. The van der Waals surface area contributed by atoms with Gasteiger partial charge in [-0.15, -0.1) is 11.3 Å². The quantitative estimate of drug-likeness (QED) is 0.835. The zero-order chi connectivity index (χ0) is 11.7. The van der Waals surface area contributed by atoms with Crippen molar-refractivity contribution in [1.82, 2.24) is 4.98 Å². The standard InChI is InChI=1S/C11H8ClNO2S/c1-6-4-7(12)11-8(5-6)16-9(13-11)2-3-10(14)15/h2-5H,1H3,(H,14,15)/b3-2+. The molecule has 0 amide bonds. The molecule has 82 valence electrons. The van der Waals surface area contributed by atoms with Gasteiger partial charge in [-0.2, -0.15) is 0 Å². The van der Waals surface area contributed by atoms with E-state index in [1.54, 1.807) is 0 Å². The molecule has 0 aliphatic heterocycles. The smallest absolute Gasteiger partial charge is 0.328 e. The summed E-state index contributed by atoms with van der Waals surface area (Å²) >= 11 is 7.46. The van der Waals surface area contributed by atoms with Crippen molar-refractivity contribution < 1.29 is 9.90 Å². The van der Waals surface area contributed by atoms with Gasteiger partial charge in [-0.1, -0.05) is 11.6 Å². The molecule has 0 saturated carbocycles. The number of aliphatic carboxylic acids is 1. The first kappa shape index (κ1) is 11.1. The maximum absolute atomic E-state index is 10.4. The first-order valence-corrected chi connectivity index (χ1v) is 5.73. The highest BCUT2D eigenvalue weighted by Crippen LogP contribution is 2.30. The highest BCUT2D eigenvalue weighted by Gasteiger charge is 2.06. The molecular weight excluding hydrogens is 246 g/mol.